The summed E-state index contributed by atoms with van der Waals surface area (Å²) in [4.78, 5) is 3.18. The van der Waals surface area contributed by atoms with Gasteiger partial charge in [0.05, 0.1) is 6.07 Å². The highest BCUT2D eigenvalue weighted by Gasteiger charge is 2.02. The molecule has 0 bridgehead atoms. The second kappa shape index (κ2) is 3.39. The Balaban J connectivity index is 2.68. The number of fused-ring (bicyclic) bond motifs is 1. The molecule has 0 atom stereocenters. The first-order valence-electron chi connectivity index (χ1n) is 4.46. The molecule has 0 saturated heterocycles. The lowest BCUT2D eigenvalue weighted by molar-refractivity contribution is 1.46. The van der Waals surface area contributed by atoms with Crippen molar-refractivity contribution in [3.63, 3.8) is 0 Å². The van der Waals surface area contributed by atoms with Gasteiger partial charge >= 0.3 is 0 Å². The number of hydrogen-bond acceptors (Lipinski definition) is 1. The zero-order chi connectivity index (χ0) is 9.97. The van der Waals surface area contributed by atoms with Gasteiger partial charge in [-0.25, -0.2) is 0 Å². The normalized spacial score (nSPS) is 10.9. The molecule has 14 heavy (non-hydrogen) atoms. The average Bonchev–Trinajstić information content (AvgIpc) is 2.59. The third-order valence-corrected chi connectivity index (χ3v) is 2.28. The van der Waals surface area contributed by atoms with Gasteiger partial charge in [0.2, 0.25) is 0 Å². The molecular weight excluding hydrogens is 172 g/mol. The highest BCUT2D eigenvalue weighted by atomic mass is 14.7. The minimum atomic E-state index is 1.07. The summed E-state index contributed by atoms with van der Waals surface area (Å²) < 4.78 is 0. The van der Waals surface area contributed by atoms with E-state index in [1.165, 1.54) is 17.0 Å². The van der Waals surface area contributed by atoms with Gasteiger partial charge in [-0.05, 0) is 24.6 Å². The van der Waals surface area contributed by atoms with E-state index in [2.05, 4.69) is 18.0 Å². The smallest absolute Gasteiger partial charge is 0.0912 e. The van der Waals surface area contributed by atoms with Gasteiger partial charge in [0.1, 0.15) is 0 Å². The number of nitrogens with one attached hydrogen (secondary N) is 1. The van der Waals surface area contributed by atoms with Crippen LogP contribution in [0.3, 0.4) is 0 Å². The number of nitrogens with zero attached hydrogens (tertiary/aromatic N) is 1. The topological polar surface area (TPSA) is 39.6 Å². The van der Waals surface area contributed by atoms with Gasteiger partial charge in [-0.15, -0.1) is 0 Å². The fourth-order valence-corrected chi connectivity index (χ4v) is 1.66. The lowest BCUT2D eigenvalue weighted by Gasteiger charge is -1.96. The van der Waals surface area contributed by atoms with E-state index in [0.29, 0.717) is 0 Å². The molecular formula is C12H10N2. The summed E-state index contributed by atoms with van der Waals surface area (Å²) in [5.74, 6) is 0. The van der Waals surface area contributed by atoms with Crippen LogP contribution in [0.15, 0.2) is 30.5 Å². The van der Waals surface area contributed by atoms with Crippen molar-refractivity contribution in [1.29, 1.82) is 5.26 Å². The summed E-state index contributed by atoms with van der Waals surface area (Å²) in [6.45, 7) is 2.07. The predicted molar refractivity (Wildman–Crippen MR) is 57.7 cm³/mol. The summed E-state index contributed by atoms with van der Waals surface area (Å²) in [6.07, 6.45) is 5.24. The van der Waals surface area contributed by atoms with Gasteiger partial charge in [-0.3, -0.25) is 0 Å². The van der Waals surface area contributed by atoms with Gasteiger partial charge in [0.15, 0.2) is 0 Å². The van der Waals surface area contributed by atoms with Crippen LogP contribution in [0.25, 0.3) is 17.0 Å². The Morgan fingerprint density at radius 2 is 2.29 bits per heavy atom. The zero-order valence-corrected chi connectivity index (χ0v) is 7.91. The van der Waals surface area contributed by atoms with Crippen LogP contribution in [0.1, 0.15) is 11.1 Å². The third-order valence-electron chi connectivity index (χ3n) is 2.28. The third kappa shape index (κ3) is 1.29. The van der Waals surface area contributed by atoms with Crippen LogP contribution in [-0.2, 0) is 0 Å². The minimum Gasteiger partial charge on any atom is -0.361 e. The molecule has 0 amide bonds. The van der Waals surface area contributed by atoms with E-state index >= 15 is 0 Å². The van der Waals surface area contributed by atoms with E-state index in [9.17, 15) is 0 Å². The van der Waals surface area contributed by atoms with Crippen molar-refractivity contribution in [3.05, 3.63) is 41.6 Å². The van der Waals surface area contributed by atoms with Gasteiger partial charge in [-0.2, -0.15) is 5.26 Å². The fourth-order valence-electron chi connectivity index (χ4n) is 1.66. The highest BCUT2D eigenvalue weighted by Crippen LogP contribution is 2.22. The van der Waals surface area contributed by atoms with Crippen LogP contribution in [0, 0.1) is 18.3 Å². The maximum atomic E-state index is 8.46. The highest BCUT2D eigenvalue weighted by molar-refractivity contribution is 5.91. The lowest BCUT2D eigenvalue weighted by Crippen LogP contribution is -1.75. The van der Waals surface area contributed by atoms with Gasteiger partial charge in [0, 0.05) is 28.7 Å². The Bertz CT molecular complexity index is 527. The average molecular weight is 182 g/mol. The Morgan fingerprint density at radius 3 is 3.07 bits per heavy atom. The molecule has 2 aromatic rings. The van der Waals surface area contributed by atoms with Crippen LogP contribution in [0.4, 0.5) is 0 Å². The number of nitriles is 1. The fraction of sp³-hybridized carbons (Fsp3) is 0.0833. The molecule has 0 fully saturated rings. The van der Waals surface area contributed by atoms with Crippen LogP contribution < -0.4 is 0 Å². The summed E-state index contributed by atoms with van der Waals surface area (Å²) in [5, 5.41) is 9.65. The van der Waals surface area contributed by atoms with Crippen molar-refractivity contribution in [1.82, 2.24) is 4.98 Å². The Hall–Kier alpha value is -2.01. The molecule has 0 saturated carbocycles. The molecule has 2 heteroatoms. The Kier molecular flexibility index (Phi) is 2.08. The molecule has 1 N–H and O–H groups in total. The second-order valence-corrected chi connectivity index (χ2v) is 3.20. The number of aromatic amines is 1. The molecule has 2 nitrogen and oxygen atoms in total. The number of rotatable bonds is 1. The number of hydrogen-bond donors (Lipinski definition) is 1. The maximum Gasteiger partial charge on any atom is 0.0912 e. The SMILES string of the molecule is Cc1cccc2[nH]cc(C=CC#N)c12. The van der Waals surface area contributed by atoms with Gasteiger partial charge in [0.25, 0.3) is 0 Å². The second-order valence-electron chi connectivity index (χ2n) is 3.20. The summed E-state index contributed by atoms with van der Waals surface area (Å²) in [5.41, 5.74) is 3.41. The van der Waals surface area contributed by atoms with E-state index < -0.39 is 0 Å². The molecule has 68 valence electrons. The van der Waals surface area contributed by atoms with E-state index in [4.69, 9.17) is 5.26 Å². The number of allylic oxidation sites excluding steroid dienone is 1. The van der Waals surface area contributed by atoms with Crippen molar-refractivity contribution in [2.24, 2.45) is 0 Å². The maximum absolute atomic E-state index is 8.46. The molecule has 0 aliphatic carbocycles. The van der Waals surface area contributed by atoms with Gasteiger partial charge < -0.3 is 4.98 Å². The van der Waals surface area contributed by atoms with Crippen molar-refractivity contribution in [3.8, 4) is 6.07 Å². The van der Waals surface area contributed by atoms with Crippen molar-refractivity contribution in [2.75, 3.05) is 0 Å². The molecule has 0 unspecified atom stereocenters. The summed E-state index contributed by atoms with van der Waals surface area (Å²) >= 11 is 0. The number of H-pyrrole nitrogens is 1. The molecule has 1 aromatic heterocycles. The molecule has 1 aromatic carbocycles. The van der Waals surface area contributed by atoms with E-state index in [0.717, 1.165) is 11.1 Å². The predicted octanol–water partition coefficient (Wildman–Crippen LogP) is 3.01. The Labute approximate surface area is 82.5 Å². The summed E-state index contributed by atoms with van der Waals surface area (Å²) in [7, 11) is 0. The first-order valence-corrected chi connectivity index (χ1v) is 4.46. The molecule has 2 rings (SSSR count). The molecule has 0 spiro atoms. The van der Waals surface area contributed by atoms with Crippen molar-refractivity contribution in [2.45, 2.75) is 6.92 Å². The summed E-state index contributed by atoms with van der Waals surface area (Å²) in [6, 6.07) is 8.12. The van der Waals surface area contributed by atoms with Crippen molar-refractivity contribution < 1.29 is 0 Å². The van der Waals surface area contributed by atoms with Crippen LogP contribution in [-0.4, -0.2) is 4.98 Å². The number of benzene rings is 1. The lowest BCUT2D eigenvalue weighted by atomic mass is 10.1. The van der Waals surface area contributed by atoms with Crippen molar-refractivity contribution >= 4 is 17.0 Å². The number of aromatic nitrogens is 1. The first-order chi connectivity index (χ1) is 6.83. The monoisotopic (exact) mass is 182 g/mol. The number of aryl methyl sites for hydroxylation is 1. The van der Waals surface area contributed by atoms with Gasteiger partial charge in [-0.1, -0.05) is 12.1 Å². The molecule has 0 aliphatic heterocycles. The van der Waals surface area contributed by atoms with Crippen LogP contribution in [0.2, 0.25) is 0 Å². The minimum absolute atomic E-state index is 1.07. The Morgan fingerprint density at radius 1 is 1.43 bits per heavy atom. The zero-order valence-electron chi connectivity index (χ0n) is 7.91. The largest absolute Gasteiger partial charge is 0.361 e. The molecule has 1 heterocycles. The molecule has 0 radical (unpaired) electrons. The molecule has 0 aliphatic rings. The standard InChI is InChI=1S/C12H10N2/c1-9-4-2-6-11-12(9)10(8-14-11)5-3-7-13/h2-6,8,14H,1H3. The van der Waals surface area contributed by atoms with Crippen LogP contribution in [0.5, 0.6) is 0 Å². The first kappa shape index (κ1) is 8.58. The van der Waals surface area contributed by atoms with E-state index in [1.54, 1.807) is 0 Å². The van der Waals surface area contributed by atoms with E-state index in [-0.39, 0.29) is 0 Å². The quantitative estimate of drug-likeness (QED) is 0.676. The van der Waals surface area contributed by atoms with E-state index in [1.807, 2.05) is 30.5 Å². The van der Waals surface area contributed by atoms with Crippen LogP contribution >= 0.6 is 0 Å².